The number of hydrogen-bond donors (Lipinski definition) is 0. The van der Waals surface area contributed by atoms with Crippen LogP contribution in [0.2, 0.25) is 0 Å². The predicted octanol–water partition coefficient (Wildman–Crippen LogP) is 3.57. The van der Waals surface area contributed by atoms with Crippen LogP contribution in [0.15, 0.2) is 22.7 Å². The van der Waals surface area contributed by atoms with Crippen LogP contribution in [0.1, 0.15) is 25.7 Å². The Morgan fingerprint density at radius 2 is 2.08 bits per heavy atom. The highest BCUT2D eigenvalue weighted by Gasteiger charge is 2.16. The van der Waals surface area contributed by atoms with Crippen molar-refractivity contribution in [2.45, 2.75) is 31.8 Å². The molecule has 1 aromatic carbocycles. The molecule has 1 aromatic rings. The smallest absolute Gasteiger partial charge is 0.127 e. The lowest BCUT2D eigenvalue weighted by Gasteiger charge is -2.12. The summed E-state index contributed by atoms with van der Waals surface area (Å²) in [6, 6.07) is 8.94. The first-order valence-electron chi connectivity index (χ1n) is 4.68. The number of benzene rings is 1. The van der Waals surface area contributed by atoms with Gasteiger partial charge >= 0.3 is 0 Å². The molecule has 1 fully saturated rings. The van der Waals surface area contributed by atoms with Crippen molar-refractivity contribution in [3.05, 3.63) is 28.7 Å². The summed E-state index contributed by atoms with van der Waals surface area (Å²) in [6.07, 6.45) is 5.44. The Bertz CT molecular complexity index is 262. The molecule has 1 nitrogen and oxygen atoms in total. The highest BCUT2D eigenvalue weighted by molar-refractivity contribution is 9.10. The summed E-state index contributed by atoms with van der Waals surface area (Å²) >= 11 is 3.37. The highest BCUT2D eigenvalue weighted by Crippen LogP contribution is 2.24. The molecule has 13 heavy (non-hydrogen) atoms. The largest absolute Gasteiger partial charge is 0.490 e. The van der Waals surface area contributed by atoms with Crippen molar-refractivity contribution in [1.82, 2.24) is 0 Å². The van der Waals surface area contributed by atoms with E-state index in [1.165, 1.54) is 25.7 Å². The van der Waals surface area contributed by atoms with E-state index >= 15 is 0 Å². The van der Waals surface area contributed by atoms with Crippen LogP contribution in [0, 0.1) is 6.07 Å². The van der Waals surface area contributed by atoms with Gasteiger partial charge in [0.2, 0.25) is 0 Å². The van der Waals surface area contributed by atoms with Crippen LogP contribution in [0.3, 0.4) is 0 Å². The predicted molar refractivity (Wildman–Crippen MR) is 55.9 cm³/mol. The second-order valence-corrected chi connectivity index (χ2v) is 4.31. The first kappa shape index (κ1) is 9.07. The third kappa shape index (κ3) is 2.47. The Hall–Kier alpha value is -0.500. The van der Waals surface area contributed by atoms with Gasteiger partial charge in [-0.1, -0.05) is 15.9 Å². The van der Waals surface area contributed by atoms with Gasteiger partial charge in [-0.15, -0.1) is 0 Å². The van der Waals surface area contributed by atoms with Gasteiger partial charge in [0, 0.05) is 10.5 Å². The lowest BCUT2D eigenvalue weighted by atomic mass is 10.3. The van der Waals surface area contributed by atoms with Gasteiger partial charge in [0.15, 0.2) is 0 Å². The molecule has 0 spiro atoms. The van der Waals surface area contributed by atoms with E-state index in [1.807, 2.05) is 18.2 Å². The van der Waals surface area contributed by atoms with Gasteiger partial charge in [-0.2, -0.15) is 0 Å². The first-order chi connectivity index (χ1) is 6.34. The van der Waals surface area contributed by atoms with Crippen LogP contribution in [0.4, 0.5) is 0 Å². The van der Waals surface area contributed by atoms with Crippen molar-refractivity contribution in [3.63, 3.8) is 0 Å². The van der Waals surface area contributed by atoms with Crippen molar-refractivity contribution in [2.24, 2.45) is 0 Å². The number of halogens is 1. The fourth-order valence-corrected chi connectivity index (χ4v) is 1.90. The van der Waals surface area contributed by atoms with Gasteiger partial charge < -0.3 is 4.74 Å². The Morgan fingerprint density at radius 3 is 2.69 bits per heavy atom. The first-order valence-corrected chi connectivity index (χ1v) is 5.48. The molecule has 0 heterocycles. The Labute approximate surface area is 87.2 Å². The average Bonchev–Trinajstić information content (AvgIpc) is 2.62. The molecule has 0 unspecified atom stereocenters. The second-order valence-electron chi connectivity index (χ2n) is 3.40. The fraction of sp³-hybridized carbons (Fsp3) is 0.455. The Kier molecular flexibility index (Phi) is 2.89. The van der Waals surface area contributed by atoms with Crippen molar-refractivity contribution in [1.29, 1.82) is 0 Å². The van der Waals surface area contributed by atoms with Crippen molar-refractivity contribution >= 4 is 15.9 Å². The SMILES string of the molecule is Brc1c[c]c(OC2CCCC2)cc1. The average molecular weight is 240 g/mol. The van der Waals surface area contributed by atoms with E-state index in [1.54, 1.807) is 0 Å². The summed E-state index contributed by atoms with van der Waals surface area (Å²) in [7, 11) is 0. The van der Waals surface area contributed by atoms with E-state index < -0.39 is 0 Å². The molecule has 1 saturated carbocycles. The lowest BCUT2D eigenvalue weighted by Crippen LogP contribution is -2.10. The normalized spacial score (nSPS) is 17.6. The summed E-state index contributed by atoms with van der Waals surface area (Å²) < 4.78 is 6.80. The van der Waals surface area contributed by atoms with E-state index in [4.69, 9.17) is 4.74 Å². The molecule has 0 bridgehead atoms. The number of hydrogen-bond acceptors (Lipinski definition) is 1. The van der Waals surface area contributed by atoms with Gasteiger partial charge in [-0.3, -0.25) is 0 Å². The zero-order valence-corrected chi connectivity index (χ0v) is 9.01. The minimum Gasteiger partial charge on any atom is -0.490 e. The van der Waals surface area contributed by atoms with Crippen molar-refractivity contribution in [2.75, 3.05) is 0 Å². The molecule has 0 aliphatic heterocycles. The third-order valence-electron chi connectivity index (χ3n) is 2.34. The van der Waals surface area contributed by atoms with E-state index in [9.17, 15) is 0 Å². The van der Waals surface area contributed by atoms with Crippen LogP contribution >= 0.6 is 15.9 Å². The van der Waals surface area contributed by atoms with Crippen molar-refractivity contribution in [3.8, 4) is 5.75 Å². The standard InChI is InChI=1S/C11H12BrO/c12-9-5-7-11(8-6-9)13-10-3-1-2-4-10/h5-7,10H,1-4H2. The molecule has 0 N–H and O–H groups in total. The van der Waals surface area contributed by atoms with Gasteiger partial charge in [-0.25, -0.2) is 0 Å². The zero-order chi connectivity index (χ0) is 9.10. The Balaban J connectivity index is 1.97. The molecule has 2 rings (SSSR count). The van der Waals surface area contributed by atoms with Crippen LogP contribution in [-0.4, -0.2) is 6.10 Å². The van der Waals surface area contributed by atoms with Crippen LogP contribution in [0.25, 0.3) is 0 Å². The van der Waals surface area contributed by atoms with E-state index in [-0.39, 0.29) is 0 Å². The van der Waals surface area contributed by atoms with Gasteiger partial charge in [0.05, 0.1) is 6.10 Å². The van der Waals surface area contributed by atoms with E-state index in [2.05, 4.69) is 22.0 Å². The second kappa shape index (κ2) is 4.14. The molecule has 1 radical (unpaired) electrons. The lowest BCUT2D eigenvalue weighted by molar-refractivity contribution is 0.209. The summed E-state index contributed by atoms with van der Waals surface area (Å²) in [5.74, 6) is 0.870. The van der Waals surface area contributed by atoms with Crippen LogP contribution < -0.4 is 4.74 Å². The maximum Gasteiger partial charge on any atom is 0.127 e. The maximum atomic E-state index is 5.75. The van der Waals surface area contributed by atoms with Crippen molar-refractivity contribution < 1.29 is 4.74 Å². The van der Waals surface area contributed by atoms with E-state index in [0.29, 0.717) is 6.10 Å². The molecule has 2 heteroatoms. The zero-order valence-electron chi connectivity index (χ0n) is 7.42. The fourth-order valence-electron chi connectivity index (χ4n) is 1.65. The van der Waals surface area contributed by atoms with Crippen LogP contribution in [0.5, 0.6) is 5.75 Å². The third-order valence-corrected chi connectivity index (χ3v) is 2.84. The van der Waals surface area contributed by atoms with Gasteiger partial charge in [0.25, 0.3) is 0 Å². The Morgan fingerprint density at radius 1 is 1.31 bits per heavy atom. The molecular weight excluding hydrogens is 228 g/mol. The highest BCUT2D eigenvalue weighted by atomic mass is 79.9. The van der Waals surface area contributed by atoms with Gasteiger partial charge in [-0.05, 0) is 43.9 Å². The quantitative estimate of drug-likeness (QED) is 0.767. The molecule has 0 amide bonds. The number of ether oxygens (including phenoxy) is 1. The topological polar surface area (TPSA) is 9.23 Å². The maximum absolute atomic E-state index is 5.75. The molecule has 0 atom stereocenters. The molecule has 0 aromatic heterocycles. The molecule has 1 aliphatic rings. The minimum atomic E-state index is 0.428. The molecule has 0 saturated heterocycles. The van der Waals surface area contributed by atoms with E-state index in [0.717, 1.165) is 10.2 Å². The monoisotopic (exact) mass is 239 g/mol. The number of rotatable bonds is 2. The molecule has 1 aliphatic carbocycles. The summed E-state index contributed by atoms with van der Waals surface area (Å²) in [5.41, 5.74) is 0. The summed E-state index contributed by atoms with van der Waals surface area (Å²) in [5, 5.41) is 0. The molecular formula is C11H12BrO. The summed E-state index contributed by atoms with van der Waals surface area (Å²) in [4.78, 5) is 0. The van der Waals surface area contributed by atoms with Gasteiger partial charge in [0.1, 0.15) is 5.75 Å². The summed E-state index contributed by atoms with van der Waals surface area (Å²) in [6.45, 7) is 0. The molecule has 69 valence electrons. The minimum absolute atomic E-state index is 0.428. The van der Waals surface area contributed by atoms with Crippen LogP contribution in [-0.2, 0) is 0 Å².